The Hall–Kier alpha value is -1.57. The summed E-state index contributed by atoms with van der Waals surface area (Å²) in [6.45, 7) is -0.457. The van der Waals surface area contributed by atoms with E-state index in [2.05, 4.69) is 14.9 Å². The predicted molar refractivity (Wildman–Crippen MR) is 59.5 cm³/mol. The van der Waals surface area contributed by atoms with E-state index in [1.165, 1.54) is 11.9 Å². The molecule has 1 saturated carbocycles. The molecule has 106 valence electrons. The Balaban J connectivity index is 2.04. The fourth-order valence-electron chi connectivity index (χ4n) is 2.22. The fourth-order valence-corrected chi connectivity index (χ4v) is 2.22. The van der Waals surface area contributed by atoms with Gasteiger partial charge in [0.1, 0.15) is 5.69 Å². The van der Waals surface area contributed by atoms with Gasteiger partial charge in [-0.1, -0.05) is 5.16 Å². The lowest BCUT2D eigenvalue weighted by Crippen LogP contribution is -2.42. The molecule has 6 nitrogen and oxygen atoms in total. The van der Waals surface area contributed by atoms with E-state index in [1.807, 2.05) is 0 Å². The molecule has 1 amide bonds. The second-order valence-corrected chi connectivity index (χ2v) is 4.72. The first-order chi connectivity index (χ1) is 8.94. The largest absolute Gasteiger partial charge is 0.390 e. The molecule has 19 heavy (non-hydrogen) atoms. The average molecular weight is 275 g/mol. The van der Waals surface area contributed by atoms with E-state index < -0.39 is 18.4 Å². The fraction of sp³-hybridized carbons (Fsp3) is 0.727. The van der Waals surface area contributed by atoms with Crippen molar-refractivity contribution in [1.82, 2.24) is 15.2 Å². The van der Waals surface area contributed by atoms with Crippen LogP contribution in [0.25, 0.3) is 0 Å². The molecule has 0 radical (unpaired) electrons. The molecule has 1 aliphatic carbocycles. The van der Waals surface area contributed by atoms with Gasteiger partial charge in [0.25, 0.3) is 5.91 Å². The van der Waals surface area contributed by atoms with Crippen LogP contribution in [0, 0.1) is 0 Å². The van der Waals surface area contributed by atoms with Gasteiger partial charge in [-0.25, -0.2) is 13.4 Å². The zero-order valence-electron chi connectivity index (χ0n) is 10.5. The molecule has 8 heteroatoms. The van der Waals surface area contributed by atoms with Gasteiger partial charge in [-0.15, -0.1) is 0 Å². The zero-order chi connectivity index (χ0) is 14.0. The number of halogens is 2. The van der Waals surface area contributed by atoms with Crippen LogP contribution in [0.1, 0.15) is 41.9 Å². The van der Waals surface area contributed by atoms with E-state index in [-0.39, 0.29) is 43.1 Å². The summed E-state index contributed by atoms with van der Waals surface area (Å²) in [5.41, 5.74) is -0.0136. The third kappa shape index (κ3) is 2.89. The first-order valence-corrected chi connectivity index (χ1v) is 6.02. The molecule has 0 saturated heterocycles. The lowest BCUT2D eigenvalue weighted by Gasteiger charge is -2.34. The first-order valence-electron chi connectivity index (χ1n) is 6.02. The van der Waals surface area contributed by atoms with Crippen molar-refractivity contribution in [3.63, 3.8) is 0 Å². The SMILES string of the molecule is CN(C(=O)c1nonc1CO)C1CCC(F)(F)CC1. The Morgan fingerprint density at radius 1 is 1.47 bits per heavy atom. The summed E-state index contributed by atoms with van der Waals surface area (Å²) in [5, 5.41) is 15.8. The van der Waals surface area contributed by atoms with Crippen LogP contribution in [0.5, 0.6) is 0 Å². The first kappa shape index (κ1) is 13.9. The van der Waals surface area contributed by atoms with Crippen LogP contribution < -0.4 is 0 Å². The van der Waals surface area contributed by atoms with Crippen molar-refractivity contribution in [3.8, 4) is 0 Å². The monoisotopic (exact) mass is 275 g/mol. The van der Waals surface area contributed by atoms with Crippen LogP contribution in [0.4, 0.5) is 8.78 Å². The number of aromatic nitrogens is 2. The number of carbonyl (C=O) groups excluding carboxylic acids is 1. The topological polar surface area (TPSA) is 79.5 Å². The third-order valence-corrected chi connectivity index (χ3v) is 3.46. The Labute approximate surface area is 108 Å². The van der Waals surface area contributed by atoms with Gasteiger partial charge in [-0.05, 0) is 18.0 Å². The highest BCUT2D eigenvalue weighted by atomic mass is 19.3. The Morgan fingerprint density at radius 3 is 2.68 bits per heavy atom. The molecule has 1 fully saturated rings. The lowest BCUT2D eigenvalue weighted by molar-refractivity contribution is -0.0491. The third-order valence-electron chi connectivity index (χ3n) is 3.46. The molecule has 0 spiro atoms. The van der Waals surface area contributed by atoms with Gasteiger partial charge in [-0.2, -0.15) is 0 Å². The van der Waals surface area contributed by atoms with Crippen LogP contribution in [-0.2, 0) is 6.61 Å². The van der Waals surface area contributed by atoms with Crippen LogP contribution in [0.15, 0.2) is 4.63 Å². The number of carbonyl (C=O) groups is 1. The molecule has 2 rings (SSSR count). The van der Waals surface area contributed by atoms with Crippen molar-refractivity contribution >= 4 is 5.91 Å². The van der Waals surface area contributed by atoms with Crippen molar-refractivity contribution in [2.75, 3.05) is 7.05 Å². The van der Waals surface area contributed by atoms with Gasteiger partial charge in [0.05, 0.1) is 6.61 Å². The second-order valence-electron chi connectivity index (χ2n) is 4.72. The maximum absolute atomic E-state index is 13.1. The molecular formula is C11H15F2N3O3. The summed E-state index contributed by atoms with van der Waals surface area (Å²) in [5.74, 6) is -3.10. The quantitative estimate of drug-likeness (QED) is 0.897. The molecular weight excluding hydrogens is 260 g/mol. The molecule has 1 N–H and O–H groups in total. The van der Waals surface area contributed by atoms with Crippen LogP contribution in [0.2, 0.25) is 0 Å². The van der Waals surface area contributed by atoms with E-state index in [0.29, 0.717) is 0 Å². The lowest BCUT2D eigenvalue weighted by atomic mass is 9.91. The minimum absolute atomic E-state index is 0.0537. The molecule has 0 unspecified atom stereocenters. The highest BCUT2D eigenvalue weighted by molar-refractivity contribution is 5.93. The Bertz CT molecular complexity index is 454. The van der Waals surface area contributed by atoms with E-state index in [4.69, 9.17) is 5.11 Å². The average Bonchev–Trinajstić information content (AvgIpc) is 2.85. The van der Waals surface area contributed by atoms with Crippen molar-refractivity contribution < 1.29 is 23.3 Å². The van der Waals surface area contributed by atoms with E-state index in [1.54, 1.807) is 0 Å². The minimum Gasteiger partial charge on any atom is -0.390 e. The summed E-state index contributed by atoms with van der Waals surface area (Å²) in [6, 6.07) is -0.254. The molecule has 0 aromatic carbocycles. The molecule has 0 bridgehead atoms. The number of amides is 1. The van der Waals surface area contributed by atoms with Gasteiger partial charge in [0.2, 0.25) is 5.92 Å². The molecule has 0 atom stereocenters. The highest BCUT2D eigenvalue weighted by Crippen LogP contribution is 2.35. The summed E-state index contributed by atoms with van der Waals surface area (Å²) in [6.07, 6.45) is 0.0440. The second kappa shape index (κ2) is 5.20. The van der Waals surface area contributed by atoms with Gasteiger partial charge in [0.15, 0.2) is 5.69 Å². The summed E-state index contributed by atoms with van der Waals surface area (Å²) in [4.78, 5) is 13.5. The Kier molecular flexibility index (Phi) is 3.79. The van der Waals surface area contributed by atoms with Crippen LogP contribution >= 0.6 is 0 Å². The van der Waals surface area contributed by atoms with E-state index in [0.717, 1.165) is 0 Å². The predicted octanol–water partition coefficient (Wildman–Crippen LogP) is 1.21. The van der Waals surface area contributed by atoms with Gasteiger partial charge in [-0.3, -0.25) is 4.79 Å². The molecule has 1 aromatic heterocycles. The summed E-state index contributed by atoms with van der Waals surface area (Å²) < 4.78 is 30.5. The number of nitrogens with zero attached hydrogens (tertiary/aromatic N) is 3. The number of hydrogen-bond acceptors (Lipinski definition) is 5. The summed E-state index contributed by atoms with van der Waals surface area (Å²) >= 11 is 0. The van der Waals surface area contributed by atoms with Gasteiger partial charge < -0.3 is 10.0 Å². The van der Waals surface area contributed by atoms with Crippen LogP contribution in [-0.4, -0.2) is 45.2 Å². The molecule has 1 heterocycles. The normalized spacial score (nSPS) is 19.4. The number of hydrogen-bond donors (Lipinski definition) is 1. The summed E-state index contributed by atoms with van der Waals surface area (Å²) in [7, 11) is 1.53. The van der Waals surface area contributed by atoms with E-state index >= 15 is 0 Å². The molecule has 0 aliphatic heterocycles. The maximum Gasteiger partial charge on any atom is 0.278 e. The number of aliphatic hydroxyl groups is 1. The standard InChI is InChI=1S/C11H15F2N3O3/c1-16(7-2-4-11(12,13)5-3-7)10(18)9-8(6-17)14-19-15-9/h7,17H,2-6H2,1H3. The minimum atomic E-state index is -2.63. The molecule has 1 aliphatic rings. The number of rotatable bonds is 3. The Morgan fingerprint density at radius 2 is 2.11 bits per heavy atom. The van der Waals surface area contributed by atoms with Gasteiger partial charge >= 0.3 is 0 Å². The van der Waals surface area contributed by atoms with Crippen molar-refractivity contribution in [3.05, 3.63) is 11.4 Å². The van der Waals surface area contributed by atoms with Crippen molar-refractivity contribution in [2.24, 2.45) is 0 Å². The number of aliphatic hydroxyl groups excluding tert-OH is 1. The van der Waals surface area contributed by atoms with Crippen molar-refractivity contribution in [1.29, 1.82) is 0 Å². The zero-order valence-corrected chi connectivity index (χ0v) is 10.5. The van der Waals surface area contributed by atoms with Crippen LogP contribution in [0.3, 0.4) is 0 Å². The number of alkyl halides is 2. The van der Waals surface area contributed by atoms with Gasteiger partial charge in [0, 0.05) is 25.9 Å². The maximum atomic E-state index is 13.1. The highest BCUT2D eigenvalue weighted by Gasteiger charge is 2.38. The smallest absolute Gasteiger partial charge is 0.278 e. The van der Waals surface area contributed by atoms with Crippen molar-refractivity contribution in [2.45, 2.75) is 44.3 Å². The van der Waals surface area contributed by atoms with E-state index in [9.17, 15) is 13.6 Å². The molecule has 1 aromatic rings.